The normalized spacial score (nSPS) is 12.1. The fourth-order valence-electron chi connectivity index (χ4n) is 1.42. The predicted octanol–water partition coefficient (Wildman–Crippen LogP) is 6.62. The second-order valence-corrected chi connectivity index (χ2v) is 2.87. The Hall–Kier alpha value is -0.530. The molecule has 0 aliphatic heterocycles. The first-order valence-corrected chi connectivity index (χ1v) is 7.96. The molecule has 0 bridgehead atoms. The van der Waals surface area contributed by atoms with Gasteiger partial charge in [0.2, 0.25) is 0 Å². The van der Waals surface area contributed by atoms with Gasteiger partial charge in [0.1, 0.15) is 6.10 Å². The topological polar surface area (TPSA) is 26.3 Å². The van der Waals surface area contributed by atoms with Crippen molar-refractivity contribution in [3.05, 3.63) is 0 Å². The van der Waals surface area contributed by atoms with Gasteiger partial charge < -0.3 is 4.74 Å². The van der Waals surface area contributed by atoms with E-state index in [0.717, 1.165) is 12.8 Å². The average Bonchev–Trinajstić information content (AvgIpc) is 2.48. The van der Waals surface area contributed by atoms with E-state index in [1.807, 2.05) is 55.4 Å². The summed E-state index contributed by atoms with van der Waals surface area (Å²) in [4.78, 5) is 10.5. The van der Waals surface area contributed by atoms with E-state index in [1.54, 1.807) is 0 Å². The molecule has 1 aliphatic rings. The molecule has 0 aromatic rings. The average molecular weight is 279 g/mol. The molecule has 2 nitrogen and oxygen atoms in total. The van der Waals surface area contributed by atoms with Gasteiger partial charge in [-0.05, 0) is 25.7 Å². The van der Waals surface area contributed by atoms with Gasteiger partial charge >= 0.3 is 5.97 Å². The Morgan fingerprint density at radius 2 is 1.11 bits per heavy atom. The molecule has 122 valence electrons. The van der Waals surface area contributed by atoms with Crippen molar-refractivity contribution < 1.29 is 9.53 Å². The lowest BCUT2D eigenvalue weighted by Gasteiger charge is -2.20. The molecule has 0 aromatic carbocycles. The summed E-state index contributed by atoms with van der Waals surface area (Å²) in [5.74, 6) is -0.132. The van der Waals surface area contributed by atoms with Crippen molar-refractivity contribution in [2.24, 2.45) is 0 Å². The fraction of sp³-hybridized carbons (Fsp3) is 0.941. The van der Waals surface area contributed by atoms with Crippen molar-refractivity contribution in [3.63, 3.8) is 0 Å². The molecule has 1 saturated carbocycles. The highest BCUT2D eigenvalue weighted by atomic mass is 16.5. The van der Waals surface area contributed by atoms with Crippen molar-refractivity contribution in [1.82, 2.24) is 0 Å². The molecule has 1 aliphatic carbocycles. The Labute approximate surface area is 124 Å². The standard InChI is InChI=1S/C8H14O2.4C2H6.CH4/c1-7(9)10-8-5-3-2-4-6-8;4*1-2;/h8H,2-6H2,1H3;4*1-2H3;1H4. The highest BCUT2D eigenvalue weighted by Gasteiger charge is 2.14. The Morgan fingerprint density at radius 1 is 0.789 bits per heavy atom. The Morgan fingerprint density at radius 3 is 1.37 bits per heavy atom. The zero-order valence-corrected chi connectivity index (χ0v) is 14.4. The van der Waals surface area contributed by atoms with E-state index in [2.05, 4.69) is 0 Å². The number of hydrogen-bond donors (Lipinski definition) is 0. The van der Waals surface area contributed by atoms with E-state index in [4.69, 9.17) is 4.74 Å². The van der Waals surface area contributed by atoms with Gasteiger partial charge in [-0.1, -0.05) is 69.2 Å². The summed E-state index contributed by atoms with van der Waals surface area (Å²) in [5, 5.41) is 0. The molecular weight excluding hydrogens is 236 g/mol. The minimum absolute atomic E-state index is 0. The molecule has 1 fully saturated rings. The lowest BCUT2D eigenvalue weighted by Crippen LogP contribution is -2.18. The third-order valence-electron chi connectivity index (χ3n) is 1.88. The molecule has 1 rings (SSSR count). The Balaban J connectivity index is -0.0000000628. The number of carbonyl (C=O) groups is 1. The molecule has 19 heavy (non-hydrogen) atoms. The van der Waals surface area contributed by atoms with Crippen molar-refractivity contribution in [2.45, 2.75) is 108 Å². The van der Waals surface area contributed by atoms with Crippen LogP contribution >= 0.6 is 0 Å². The van der Waals surface area contributed by atoms with Crippen LogP contribution in [0.1, 0.15) is 102 Å². The van der Waals surface area contributed by atoms with Crippen LogP contribution in [0.25, 0.3) is 0 Å². The quantitative estimate of drug-likeness (QED) is 0.503. The molecule has 0 N–H and O–H groups in total. The maximum Gasteiger partial charge on any atom is 0.302 e. The van der Waals surface area contributed by atoms with E-state index in [0.29, 0.717) is 0 Å². The lowest BCUT2D eigenvalue weighted by molar-refractivity contribution is -0.147. The number of hydrogen-bond acceptors (Lipinski definition) is 2. The van der Waals surface area contributed by atoms with Gasteiger partial charge in [0.25, 0.3) is 0 Å². The van der Waals surface area contributed by atoms with Gasteiger partial charge in [0, 0.05) is 6.92 Å². The van der Waals surface area contributed by atoms with Crippen molar-refractivity contribution in [1.29, 1.82) is 0 Å². The fourth-order valence-corrected chi connectivity index (χ4v) is 1.42. The Bertz CT molecular complexity index is 116. The maximum absolute atomic E-state index is 10.5. The predicted molar refractivity (Wildman–Crippen MR) is 90.8 cm³/mol. The largest absolute Gasteiger partial charge is 0.463 e. The molecule has 0 heterocycles. The van der Waals surface area contributed by atoms with Crippen LogP contribution in [-0.4, -0.2) is 12.1 Å². The molecule has 0 unspecified atom stereocenters. The van der Waals surface area contributed by atoms with Crippen molar-refractivity contribution in [2.75, 3.05) is 0 Å². The molecule has 0 radical (unpaired) electrons. The van der Waals surface area contributed by atoms with Crippen LogP contribution in [0.15, 0.2) is 0 Å². The summed E-state index contributed by atoms with van der Waals surface area (Å²) in [5.41, 5.74) is 0. The van der Waals surface area contributed by atoms with E-state index in [-0.39, 0.29) is 19.5 Å². The summed E-state index contributed by atoms with van der Waals surface area (Å²) in [6, 6.07) is 0. The second kappa shape index (κ2) is 36.0. The van der Waals surface area contributed by atoms with Gasteiger partial charge in [-0.2, -0.15) is 0 Å². The van der Waals surface area contributed by atoms with Crippen LogP contribution in [0.4, 0.5) is 0 Å². The summed E-state index contributed by atoms with van der Waals surface area (Å²) in [6.45, 7) is 17.5. The third-order valence-corrected chi connectivity index (χ3v) is 1.88. The highest BCUT2D eigenvalue weighted by Crippen LogP contribution is 2.19. The number of carbonyl (C=O) groups excluding carboxylic acids is 1. The van der Waals surface area contributed by atoms with Gasteiger partial charge in [-0.25, -0.2) is 0 Å². The van der Waals surface area contributed by atoms with Crippen LogP contribution < -0.4 is 0 Å². The van der Waals surface area contributed by atoms with E-state index >= 15 is 0 Å². The number of esters is 1. The zero-order chi connectivity index (χ0) is 15.4. The van der Waals surface area contributed by atoms with Crippen molar-refractivity contribution >= 4 is 5.97 Å². The van der Waals surface area contributed by atoms with Gasteiger partial charge in [0.05, 0.1) is 0 Å². The van der Waals surface area contributed by atoms with Crippen LogP contribution in [0.2, 0.25) is 0 Å². The van der Waals surface area contributed by atoms with Crippen LogP contribution in [0.3, 0.4) is 0 Å². The molecule has 0 saturated heterocycles. The first-order valence-electron chi connectivity index (χ1n) is 7.96. The zero-order valence-electron chi connectivity index (χ0n) is 14.4. The Kier molecular flexibility index (Phi) is 58.9. The van der Waals surface area contributed by atoms with E-state index in [9.17, 15) is 4.79 Å². The first-order chi connectivity index (χ1) is 8.79. The SMILES string of the molecule is C.CC.CC.CC.CC.CC(=O)OC1CCCCC1. The smallest absolute Gasteiger partial charge is 0.302 e. The lowest BCUT2D eigenvalue weighted by atomic mass is 9.98. The highest BCUT2D eigenvalue weighted by molar-refractivity contribution is 5.66. The first kappa shape index (κ1) is 31.1. The van der Waals surface area contributed by atoms with Gasteiger partial charge in [0.15, 0.2) is 0 Å². The molecule has 0 aromatic heterocycles. The summed E-state index contributed by atoms with van der Waals surface area (Å²) in [7, 11) is 0. The van der Waals surface area contributed by atoms with Crippen LogP contribution in [-0.2, 0) is 9.53 Å². The second-order valence-electron chi connectivity index (χ2n) is 2.87. The van der Waals surface area contributed by atoms with E-state index in [1.165, 1.54) is 26.2 Å². The van der Waals surface area contributed by atoms with Crippen LogP contribution in [0.5, 0.6) is 0 Å². The molecule has 0 atom stereocenters. The summed E-state index contributed by atoms with van der Waals surface area (Å²) < 4.78 is 5.05. The number of rotatable bonds is 1. The minimum Gasteiger partial charge on any atom is -0.463 e. The molecule has 2 heteroatoms. The molecular formula is C17H42O2. The summed E-state index contributed by atoms with van der Waals surface area (Å²) in [6.07, 6.45) is 6.11. The number of ether oxygens (including phenoxy) is 1. The third kappa shape index (κ3) is 31.8. The van der Waals surface area contributed by atoms with E-state index < -0.39 is 0 Å². The van der Waals surface area contributed by atoms with Gasteiger partial charge in [-0.3, -0.25) is 4.79 Å². The summed E-state index contributed by atoms with van der Waals surface area (Å²) >= 11 is 0. The molecule has 0 amide bonds. The molecule has 0 spiro atoms. The van der Waals surface area contributed by atoms with Crippen LogP contribution in [0, 0.1) is 0 Å². The van der Waals surface area contributed by atoms with Gasteiger partial charge in [-0.15, -0.1) is 0 Å². The minimum atomic E-state index is -0.132. The monoisotopic (exact) mass is 278 g/mol. The maximum atomic E-state index is 10.5. The van der Waals surface area contributed by atoms with Crippen molar-refractivity contribution in [3.8, 4) is 0 Å².